The number of fused-ring (bicyclic) bond motifs is 9. The maximum atomic E-state index is 6.81. The molecule has 62 heavy (non-hydrogen) atoms. The van der Waals surface area contributed by atoms with Crippen molar-refractivity contribution in [2.24, 2.45) is 0 Å². The Morgan fingerprint density at radius 2 is 0.677 bits per heavy atom. The van der Waals surface area contributed by atoms with Crippen molar-refractivity contribution in [1.29, 1.82) is 0 Å². The van der Waals surface area contributed by atoms with E-state index in [2.05, 4.69) is 247 Å². The summed E-state index contributed by atoms with van der Waals surface area (Å²) < 4.78 is 6.81. The lowest BCUT2D eigenvalue weighted by Crippen LogP contribution is -2.32. The van der Waals surface area contributed by atoms with Crippen LogP contribution in [0.2, 0.25) is 0 Å². The third kappa shape index (κ3) is 6.50. The molecule has 0 N–H and O–H groups in total. The van der Waals surface area contributed by atoms with Gasteiger partial charge >= 0.3 is 0 Å². The molecular weight excluding hydrogens is 753 g/mol. The molecule has 306 valence electrons. The van der Waals surface area contributed by atoms with Crippen LogP contribution in [0.25, 0.3) is 11.1 Å². The van der Waals surface area contributed by atoms with Crippen molar-refractivity contribution in [1.82, 2.24) is 0 Å². The van der Waals surface area contributed by atoms with E-state index in [1.54, 1.807) is 0 Å². The van der Waals surface area contributed by atoms with Gasteiger partial charge in [0.1, 0.15) is 11.5 Å². The fourth-order valence-corrected chi connectivity index (χ4v) is 9.66. The minimum absolute atomic E-state index is 0.0482. The van der Waals surface area contributed by atoms with Crippen molar-refractivity contribution in [2.75, 3.05) is 9.80 Å². The van der Waals surface area contributed by atoms with E-state index in [0.717, 1.165) is 56.8 Å². The van der Waals surface area contributed by atoms with Gasteiger partial charge in [0.25, 0.3) is 0 Å². The summed E-state index contributed by atoms with van der Waals surface area (Å²) in [6.45, 7) is 17.9. The van der Waals surface area contributed by atoms with Crippen molar-refractivity contribution in [3.8, 4) is 22.6 Å². The second kappa shape index (κ2) is 14.7. The summed E-state index contributed by atoms with van der Waals surface area (Å²) in [5.74, 6) is 1.75. The molecule has 1 aliphatic heterocycles. The molecule has 0 saturated carbocycles. The summed E-state index contributed by atoms with van der Waals surface area (Å²) in [6.07, 6.45) is 0. The lowest BCUT2D eigenvalue weighted by molar-refractivity contribution is 0.436. The Kier molecular flexibility index (Phi) is 9.30. The first kappa shape index (κ1) is 39.3. The minimum atomic E-state index is -0.674. The summed E-state index contributed by atoms with van der Waals surface area (Å²) in [6, 6.07) is 67.5. The molecule has 3 heteroatoms. The van der Waals surface area contributed by atoms with Gasteiger partial charge in [0.15, 0.2) is 0 Å². The summed E-state index contributed by atoms with van der Waals surface area (Å²) in [7, 11) is 0. The van der Waals surface area contributed by atoms with Gasteiger partial charge in [0.2, 0.25) is 0 Å². The first-order valence-corrected chi connectivity index (χ1v) is 21.9. The summed E-state index contributed by atoms with van der Waals surface area (Å²) in [5, 5.41) is 0. The summed E-state index contributed by atoms with van der Waals surface area (Å²) in [5.41, 5.74) is 18.4. The van der Waals surface area contributed by atoms with E-state index in [0.29, 0.717) is 0 Å². The molecule has 1 aliphatic carbocycles. The highest BCUT2D eigenvalue weighted by Crippen LogP contribution is 2.63. The van der Waals surface area contributed by atoms with E-state index >= 15 is 0 Å². The van der Waals surface area contributed by atoms with Gasteiger partial charge < -0.3 is 14.5 Å². The molecule has 8 aromatic carbocycles. The Balaban J connectivity index is 1.23. The topological polar surface area (TPSA) is 15.7 Å². The van der Waals surface area contributed by atoms with Gasteiger partial charge in [-0.25, -0.2) is 0 Å². The number of anilines is 6. The van der Waals surface area contributed by atoms with E-state index < -0.39 is 5.41 Å². The van der Waals surface area contributed by atoms with Gasteiger partial charge in [-0.2, -0.15) is 0 Å². The quantitative estimate of drug-likeness (QED) is 0.166. The van der Waals surface area contributed by atoms with Crippen LogP contribution >= 0.6 is 0 Å². The minimum Gasteiger partial charge on any atom is -0.457 e. The van der Waals surface area contributed by atoms with Crippen LogP contribution in [0.5, 0.6) is 11.5 Å². The van der Waals surface area contributed by atoms with E-state index in [4.69, 9.17) is 4.74 Å². The first-order chi connectivity index (χ1) is 29.8. The van der Waals surface area contributed by atoms with Crippen LogP contribution in [0.4, 0.5) is 34.1 Å². The normalized spacial score (nSPS) is 13.4. The SMILES string of the molecule is Cc1ccc(N(c2ccc(C(C)(C)C)cc2)c2ccc3c(c2)C2(c4ccccc4Oc4ccccc42)c2cc(N(c4ccc(C)cc4)c4ccc(C(C)(C)C)cc4)ccc2-3)cc1. The zero-order valence-electron chi connectivity index (χ0n) is 37.1. The first-order valence-electron chi connectivity index (χ1n) is 21.9. The average Bonchev–Trinajstić information content (AvgIpc) is 3.54. The monoisotopic (exact) mass is 806 g/mol. The number of rotatable bonds is 6. The van der Waals surface area contributed by atoms with Crippen LogP contribution < -0.4 is 14.5 Å². The molecule has 0 bridgehead atoms. The number of hydrogen-bond donors (Lipinski definition) is 0. The van der Waals surface area contributed by atoms with Gasteiger partial charge in [-0.1, -0.05) is 150 Å². The molecule has 0 aromatic heterocycles. The van der Waals surface area contributed by atoms with Crippen molar-refractivity contribution >= 4 is 34.1 Å². The maximum absolute atomic E-state index is 6.81. The Hall–Kier alpha value is -6.84. The number of ether oxygens (including phenoxy) is 1. The van der Waals surface area contributed by atoms with Crippen molar-refractivity contribution in [3.05, 3.63) is 226 Å². The molecule has 0 atom stereocenters. The number of benzene rings is 8. The lowest BCUT2D eigenvalue weighted by Gasteiger charge is -2.40. The molecule has 10 rings (SSSR count). The molecular formula is C59H54N2O. The molecule has 0 amide bonds. The second-order valence-corrected chi connectivity index (χ2v) is 19.2. The number of aryl methyl sites for hydroxylation is 2. The molecule has 0 fully saturated rings. The maximum Gasteiger partial charge on any atom is 0.132 e. The molecule has 3 nitrogen and oxygen atoms in total. The predicted octanol–water partition coefficient (Wildman–Crippen LogP) is 16.3. The van der Waals surface area contributed by atoms with Gasteiger partial charge in [-0.15, -0.1) is 0 Å². The Labute approximate surface area is 367 Å². The average molecular weight is 807 g/mol. The Morgan fingerprint density at radius 1 is 0.355 bits per heavy atom. The smallest absolute Gasteiger partial charge is 0.132 e. The van der Waals surface area contributed by atoms with Crippen LogP contribution in [0.1, 0.15) is 86.1 Å². The number of hydrogen-bond acceptors (Lipinski definition) is 3. The zero-order valence-corrected chi connectivity index (χ0v) is 37.1. The van der Waals surface area contributed by atoms with E-state index in [1.807, 2.05) is 0 Å². The summed E-state index contributed by atoms with van der Waals surface area (Å²) in [4.78, 5) is 4.82. The zero-order chi connectivity index (χ0) is 43.0. The van der Waals surface area contributed by atoms with E-state index in [-0.39, 0.29) is 10.8 Å². The van der Waals surface area contributed by atoms with E-state index in [1.165, 1.54) is 44.5 Å². The number of nitrogens with zero attached hydrogens (tertiary/aromatic N) is 2. The van der Waals surface area contributed by atoms with Crippen molar-refractivity contribution in [3.63, 3.8) is 0 Å². The lowest BCUT2D eigenvalue weighted by atomic mass is 9.66. The molecule has 1 heterocycles. The standard InChI is InChI=1S/C59H54N2O/c1-39-17-25-43(26-18-39)60(45-29-21-41(22-30-45)57(3,4)5)47-33-35-49-50-36-34-48(61(44-27-19-40(2)20-28-44)46-31-23-42(24-32-46)58(6,7)8)38-54(50)59(53(49)37-47)51-13-9-11-15-55(51)62-56-16-12-10-14-52(56)59/h9-38H,1-8H3. The fourth-order valence-electron chi connectivity index (χ4n) is 9.66. The van der Waals surface area contributed by atoms with Crippen LogP contribution in [0.3, 0.4) is 0 Å². The Bertz CT molecular complexity index is 2740. The van der Waals surface area contributed by atoms with E-state index in [9.17, 15) is 0 Å². The van der Waals surface area contributed by atoms with Gasteiger partial charge in [0, 0.05) is 45.3 Å². The second-order valence-electron chi connectivity index (χ2n) is 19.2. The predicted molar refractivity (Wildman–Crippen MR) is 260 cm³/mol. The van der Waals surface area contributed by atoms with Crippen molar-refractivity contribution < 1.29 is 4.74 Å². The van der Waals surface area contributed by atoms with Crippen LogP contribution in [-0.4, -0.2) is 0 Å². The highest BCUT2D eigenvalue weighted by Gasteiger charge is 2.51. The van der Waals surface area contributed by atoms with Crippen LogP contribution in [-0.2, 0) is 16.2 Å². The van der Waals surface area contributed by atoms with Gasteiger partial charge in [-0.05, 0) is 143 Å². The molecule has 0 radical (unpaired) electrons. The summed E-state index contributed by atoms with van der Waals surface area (Å²) >= 11 is 0. The fraction of sp³-hybridized carbons (Fsp3) is 0.186. The van der Waals surface area contributed by atoms with Gasteiger partial charge in [0.05, 0.1) is 5.41 Å². The molecule has 8 aromatic rings. The van der Waals surface area contributed by atoms with Crippen molar-refractivity contribution in [2.45, 2.75) is 71.6 Å². The van der Waals surface area contributed by atoms with Crippen LogP contribution in [0.15, 0.2) is 182 Å². The highest BCUT2D eigenvalue weighted by atomic mass is 16.5. The molecule has 1 spiro atoms. The molecule has 2 aliphatic rings. The van der Waals surface area contributed by atoms with Crippen LogP contribution in [0, 0.1) is 13.8 Å². The third-order valence-electron chi connectivity index (χ3n) is 13.0. The molecule has 0 saturated heterocycles. The third-order valence-corrected chi connectivity index (χ3v) is 13.0. The highest BCUT2D eigenvalue weighted by molar-refractivity contribution is 5.93. The number of para-hydroxylation sites is 2. The Morgan fingerprint density at radius 3 is 1.03 bits per heavy atom. The largest absolute Gasteiger partial charge is 0.457 e. The van der Waals surface area contributed by atoms with Gasteiger partial charge in [-0.3, -0.25) is 0 Å². The molecule has 0 unspecified atom stereocenters.